The summed E-state index contributed by atoms with van der Waals surface area (Å²) in [5.41, 5.74) is -0.456. The minimum atomic E-state index is -1.49. The maximum absolute atomic E-state index is 12.7. The Labute approximate surface area is 359 Å². The standard InChI is InChI=1S/C43H50N4O16/c1-19-40-23(13-37(58)59)21(5-9-33(50)51)27(46-40)14-26-20(4-8-32(48)49)22(12-36(56)57)28(44-26)15-29-24(6-10-34(52)53)42(2,17-38(60)61)31(45-29)16-30-25(7-11-35(54)55)43(3,18-39(62)63)41(19)47-30/h15-16,22,24-25,44,46H,4-14,17-18H2,1-3H3,(H,48,49)(H,50,51)(H,52,53)(H,54,55)(H,56,57)(H,58,59)(H,60,61)(H,62,63)/t22?,24-,25-,42+,43+/m1/s1. The van der Waals surface area contributed by atoms with Crippen molar-refractivity contribution in [1.29, 1.82) is 0 Å². The number of carboxylic acid groups (broad SMARTS) is 8. The van der Waals surface area contributed by atoms with Crippen molar-refractivity contribution in [3.05, 3.63) is 63.0 Å². The van der Waals surface area contributed by atoms with E-state index in [2.05, 4.69) is 10.3 Å². The SMILES string of the molecule is CC1=C2N=C(C=C3N=C(C=C4NC(=C(CCC(=O)O)C4CC(=O)O)Cc4[nH]c1c(CC(=O)O)c4CCC(=O)O)[C@@H](CCC(=O)O)[C@]3(C)CC(=O)O)[C@@H](CCC(=O)O)[C@]2(C)CC(=O)O. The van der Waals surface area contributed by atoms with Crippen LogP contribution in [0.4, 0.5) is 0 Å². The molecule has 0 radical (unpaired) electrons. The highest BCUT2D eigenvalue weighted by Crippen LogP contribution is 2.54. The highest BCUT2D eigenvalue weighted by molar-refractivity contribution is 6.06. The van der Waals surface area contributed by atoms with E-state index in [4.69, 9.17) is 9.98 Å². The fraction of sp³-hybridized carbons (Fsp3) is 0.488. The second-order valence-corrected chi connectivity index (χ2v) is 16.9. The van der Waals surface area contributed by atoms with Crippen molar-refractivity contribution in [2.24, 2.45) is 38.6 Å². The molecule has 10 N–H and O–H groups in total. The van der Waals surface area contributed by atoms with Crippen molar-refractivity contribution in [1.82, 2.24) is 10.3 Å². The summed E-state index contributed by atoms with van der Waals surface area (Å²) in [4.78, 5) is 112. The molecule has 0 amide bonds. The first-order valence-electron chi connectivity index (χ1n) is 20.2. The molecule has 0 fully saturated rings. The van der Waals surface area contributed by atoms with Crippen LogP contribution in [0.5, 0.6) is 0 Å². The number of aliphatic carboxylic acids is 8. The first-order valence-corrected chi connectivity index (χ1v) is 20.2. The molecule has 20 heteroatoms. The molecule has 20 nitrogen and oxygen atoms in total. The molecule has 5 heterocycles. The lowest BCUT2D eigenvalue weighted by Crippen LogP contribution is -2.34. The highest BCUT2D eigenvalue weighted by atomic mass is 16.4. The average molecular weight is 879 g/mol. The Balaban J connectivity index is 1.98. The third-order valence-electron chi connectivity index (χ3n) is 12.6. The number of hydrogen-bond acceptors (Lipinski definition) is 11. The third-order valence-corrected chi connectivity index (χ3v) is 12.6. The van der Waals surface area contributed by atoms with E-state index in [1.54, 1.807) is 20.8 Å². The second-order valence-electron chi connectivity index (χ2n) is 16.9. The molecule has 4 aliphatic rings. The zero-order valence-corrected chi connectivity index (χ0v) is 34.8. The Kier molecular flexibility index (Phi) is 14.0. The number of aromatic nitrogens is 1. The van der Waals surface area contributed by atoms with Crippen molar-refractivity contribution in [3.8, 4) is 0 Å². The van der Waals surface area contributed by atoms with Gasteiger partial charge in [-0.3, -0.25) is 48.3 Å². The monoisotopic (exact) mass is 878 g/mol. The molecule has 1 aromatic rings. The first kappa shape index (κ1) is 47.2. The summed E-state index contributed by atoms with van der Waals surface area (Å²) < 4.78 is 0. The fourth-order valence-electron chi connectivity index (χ4n) is 9.76. The Morgan fingerprint density at radius 2 is 1.19 bits per heavy atom. The van der Waals surface area contributed by atoms with E-state index < -0.39 is 128 Å². The summed E-state index contributed by atoms with van der Waals surface area (Å²) in [5, 5.41) is 83.4. The molecule has 5 atom stereocenters. The van der Waals surface area contributed by atoms with Crippen molar-refractivity contribution < 1.29 is 79.2 Å². The van der Waals surface area contributed by atoms with Gasteiger partial charge in [-0.15, -0.1) is 0 Å². The molecule has 0 aromatic carbocycles. The Bertz CT molecular complexity index is 2360. The van der Waals surface area contributed by atoms with Crippen LogP contribution in [-0.4, -0.2) is 105 Å². The maximum atomic E-state index is 12.7. The maximum Gasteiger partial charge on any atom is 0.307 e. The van der Waals surface area contributed by atoms with Gasteiger partial charge in [0.15, 0.2) is 0 Å². The number of carbonyl (C=O) groups is 8. The van der Waals surface area contributed by atoms with Crippen molar-refractivity contribution in [3.63, 3.8) is 0 Å². The van der Waals surface area contributed by atoms with Gasteiger partial charge in [0.1, 0.15) is 0 Å². The van der Waals surface area contributed by atoms with Crippen LogP contribution in [0.3, 0.4) is 0 Å². The van der Waals surface area contributed by atoms with E-state index >= 15 is 0 Å². The molecule has 5 rings (SSSR count). The van der Waals surface area contributed by atoms with E-state index in [0.29, 0.717) is 17.0 Å². The van der Waals surface area contributed by atoms with Crippen LogP contribution in [0.1, 0.15) is 107 Å². The summed E-state index contributed by atoms with van der Waals surface area (Å²) in [6.07, 6.45) is -2.03. The number of aliphatic imine (C=N–C) groups is 2. The quantitative estimate of drug-likeness (QED) is 0.0869. The van der Waals surface area contributed by atoms with E-state index in [1.807, 2.05) is 0 Å². The predicted octanol–water partition coefficient (Wildman–Crippen LogP) is 4.36. The summed E-state index contributed by atoms with van der Waals surface area (Å²) in [5.74, 6) is -12.9. The van der Waals surface area contributed by atoms with Crippen LogP contribution in [0, 0.1) is 28.6 Å². The Hall–Kier alpha value is -6.86. The predicted molar refractivity (Wildman–Crippen MR) is 220 cm³/mol. The Morgan fingerprint density at radius 3 is 1.73 bits per heavy atom. The lowest BCUT2D eigenvalue weighted by Gasteiger charge is -2.33. The van der Waals surface area contributed by atoms with Crippen molar-refractivity contribution in [2.75, 3.05) is 0 Å². The van der Waals surface area contributed by atoms with Crippen LogP contribution < -0.4 is 5.32 Å². The van der Waals surface area contributed by atoms with Crippen molar-refractivity contribution in [2.45, 2.75) is 104 Å². The Morgan fingerprint density at radius 1 is 0.651 bits per heavy atom. The number of hydrogen-bond donors (Lipinski definition) is 10. The lowest BCUT2D eigenvalue weighted by molar-refractivity contribution is -0.140. The van der Waals surface area contributed by atoms with Crippen LogP contribution in [0.2, 0.25) is 0 Å². The third kappa shape index (κ3) is 10.3. The number of allylic oxidation sites excluding steroid dienone is 7. The summed E-state index contributed by atoms with van der Waals surface area (Å²) in [6.45, 7) is 4.71. The van der Waals surface area contributed by atoms with Gasteiger partial charge in [-0.2, -0.15) is 0 Å². The smallest absolute Gasteiger partial charge is 0.307 e. The number of H-pyrrole nitrogens is 1. The molecule has 8 bridgehead atoms. The van der Waals surface area contributed by atoms with E-state index in [1.165, 1.54) is 12.2 Å². The number of carboxylic acids is 8. The molecule has 63 heavy (non-hydrogen) atoms. The van der Waals surface area contributed by atoms with Gasteiger partial charge in [-0.1, -0.05) is 13.8 Å². The topological polar surface area (TPSA) is 351 Å². The molecular weight excluding hydrogens is 828 g/mol. The van der Waals surface area contributed by atoms with Crippen LogP contribution in [-0.2, 0) is 57.6 Å². The minimum absolute atomic E-state index is 0.0895. The van der Waals surface area contributed by atoms with Gasteiger partial charge in [0.2, 0.25) is 0 Å². The van der Waals surface area contributed by atoms with E-state index in [9.17, 15) is 79.2 Å². The first-order chi connectivity index (χ1) is 29.4. The zero-order valence-electron chi connectivity index (χ0n) is 34.8. The summed E-state index contributed by atoms with van der Waals surface area (Å²) in [6, 6.07) is 0. The van der Waals surface area contributed by atoms with Gasteiger partial charge in [0, 0.05) is 101 Å². The lowest BCUT2D eigenvalue weighted by atomic mass is 9.67. The molecule has 0 saturated heterocycles. The minimum Gasteiger partial charge on any atom is -0.481 e. The number of fused-ring (bicyclic) bond motifs is 6. The normalized spacial score (nSPS) is 24.0. The average Bonchev–Trinajstić information content (AvgIpc) is 3.80. The second kappa shape index (κ2) is 18.6. The van der Waals surface area contributed by atoms with Crippen LogP contribution in [0.25, 0.3) is 5.57 Å². The highest BCUT2D eigenvalue weighted by Gasteiger charge is 2.51. The largest absolute Gasteiger partial charge is 0.481 e. The summed E-state index contributed by atoms with van der Waals surface area (Å²) >= 11 is 0. The number of rotatable bonds is 20. The molecule has 4 aliphatic heterocycles. The van der Waals surface area contributed by atoms with Gasteiger partial charge in [-0.05, 0) is 67.0 Å². The van der Waals surface area contributed by atoms with Gasteiger partial charge >= 0.3 is 47.8 Å². The van der Waals surface area contributed by atoms with E-state index in [0.717, 1.165) is 0 Å². The molecule has 0 aliphatic carbocycles. The molecule has 1 aromatic heterocycles. The number of nitrogens with zero attached hydrogens (tertiary/aromatic N) is 2. The van der Waals surface area contributed by atoms with E-state index in [-0.39, 0.29) is 83.0 Å². The molecule has 0 spiro atoms. The van der Waals surface area contributed by atoms with Crippen molar-refractivity contribution >= 4 is 64.8 Å². The zero-order chi connectivity index (χ0) is 46.7. The summed E-state index contributed by atoms with van der Waals surface area (Å²) in [7, 11) is 0. The van der Waals surface area contributed by atoms with Gasteiger partial charge in [-0.25, -0.2) is 0 Å². The molecule has 338 valence electrons. The molecule has 1 unspecified atom stereocenters. The fourth-order valence-corrected chi connectivity index (χ4v) is 9.76. The van der Waals surface area contributed by atoms with Crippen LogP contribution >= 0.6 is 0 Å². The van der Waals surface area contributed by atoms with Gasteiger partial charge in [0.05, 0.1) is 31.4 Å². The van der Waals surface area contributed by atoms with Gasteiger partial charge < -0.3 is 51.2 Å². The number of aromatic amines is 1. The van der Waals surface area contributed by atoms with Gasteiger partial charge in [0.25, 0.3) is 0 Å². The number of nitrogens with one attached hydrogen (secondary N) is 2. The molecule has 0 saturated carbocycles. The van der Waals surface area contributed by atoms with Crippen LogP contribution in [0.15, 0.2) is 50.5 Å². The molecular formula is C43H50N4O16.